The van der Waals surface area contributed by atoms with Gasteiger partial charge in [0.25, 0.3) is 0 Å². The molecule has 4 nitrogen and oxygen atoms in total. The van der Waals surface area contributed by atoms with E-state index in [2.05, 4.69) is 24.1 Å². The quantitative estimate of drug-likeness (QED) is 0.677. The zero-order valence-electron chi connectivity index (χ0n) is 12.3. The molecule has 1 saturated heterocycles. The van der Waals surface area contributed by atoms with Crippen molar-refractivity contribution in [1.82, 2.24) is 10.2 Å². The summed E-state index contributed by atoms with van der Waals surface area (Å²) in [6, 6.07) is 0.621. The molecule has 1 fully saturated rings. The normalized spacial score (nSPS) is 24.7. The second-order valence-electron chi connectivity index (χ2n) is 5.07. The number of hydrogen-bond acceptors (Lipinski definition) is 4. The predicted octanol–water partition coefficient (Wildman–Crippen LogP) is 1.36. The molecule has 0 aliphatic carbocycles. The molecule has 0 radical (unpaired) electrons. The Hall–Kier alpha value is -0.160. The number of ether oxygens (including phenoxy) is 2. The van der Waals surface area contributed by atoms with Gasteiger partial charge in [0.05, 0.1) is 13.2 Å². The molecule has 0 aromatic heterocycles. The lowest BCUT2D eigenvalue weighted by atomic mass is 9.95. The fraction of sp³-hybridized carbons (Fsp3) is 1.00. The molecule has 0 aromatic carbocycles. The van der Waals surface area contributed by atoms with E-state index in [4.69, 9.17) is 9.47 Å². The van der Waals surface area contributed by atoms with Gasteiger partial charge in [0.15, 0.2) is 0 Å². The van der Waals surface area contributed by atoms with Gasteiger partial charge in [0.2, 0.25) is 0 Å². The first-order chi connectivity index (χ1) is 8.81. The Morgan fingerprint density at radius 3 is 2.89 bits per heavy atom. The first-order valence-corrected chi connectivity index (χ1v) is 7.34. The van der Waals surface area contributed by atoms with Crippen LogP contribution in [0.4, 0.5) is 0 Å². The lowest BCUT2D eigenvalue weighted by molar-refractivity contribution is 0.0141. The molecule has 0 amide bonds. The van der Waals surface area contributed by atoms with E-state index in [0.717, 1.165) is 52.4 Å². The summed E-state index contributed by atoms with van der Waals surface area (Å²) in [5.74, 6) is 0.613. The maximum absolute atomic E-state index is 5.64. The van der Waals surface area contributed by atoms with Crippen LogP contribution in [-0.4, -0.2) is 64.1 Å². The minimum Gasteiger partial charge on any atom is -0.383 e. The third-order valence-electron chi connectivity index (χ3n) is 3.68. The SMILES string of the molecule is CCCNC1CCOCC1CN(CC)CCOC. The van der Waals surface area contributed by atoms with Crippen molar-refractivity contribution >= 4 is 0 Å². The fourth-order valence-electron chi connectivity index (χ4n) is 2.51. The Bertz CT molecular complexity index is 202. The number of likely N-dealkylation sites (N-methyl/N-ethyl adjacent to an activating group) is 1. The van der Waals surface area contributed by atoms with Crippen molar-refractivity contribution in [2.45, 2.75) is 32.7 Å². The van der Waals surface area contributed by atoms with Crippen LogP contribution >= 0.6 is 0 Å². The molecule has 18 heavy (non-hydrogen) atoms. The van der Waals surface area contributed by atoms with E-state index in [-0.39, 0.29) is 0 Å². The maximum atomic E-state index is 5.64. The zero-order chi connectivity index (χ0) is 13.2. The van der Waals surface area contributed by atoms with Crippen LogP contribution in [0, 0.1) is 5.92 Å². The Morgan fingerprint density at radius 2 is 2.22 bits per heavy atom. The monoisotopic (exact) mass is 258 g/mol. The summed E-state index contributed by atoms with van der Waals surface area (Å²) < 4.78 is 10.8. The molecule has 2 unspecified atom stereocenters. The van der Waals surface area contributed by atoms with Crippen LogP contribution in [0.25, 0.3) is 0 Å². The van der Waals surface area contributed by atoms with Crippen molar-refractivity contribution in [1.29, 1.82) is 0 Å². The highest BCUT2D eigenvalue weighted by molar-refractivity contribution is 4.82. The Labute approximate surface area is 112 Å². The summed E-state index contributed by atoms with van der Waals surface area (Å²) in [6.45, 7) is 11.4. The van der Waals surface area contributed by atoms with Crippen LogP contribution in [0.2, 0.25) is 0 Å². The van der Waals surface area contributed by atoms with Gasteiger partial charge < -0.3 is 19.7 Å². The topological polar surface area (TPSA) is 33.7 Å². The summed E-state index contributed by atoms with van der Waals surface area (Å²) in [6.07, 6.45) is 2.34. The van der Waals surface area contributed by atoms with Crippen LogP contribution in [0.3, 0.4) is 0 Å². The molecule has 1 N–H and O–H groups in total. The highest BCUT2D eigenvalue weighted by Crippen LogP contribution is 2.16. The van der Waals surface area contributed by atoms with E-state index in [0.29, 0.717) is 12.0 Å². The van der Waals surface area contributed by atoms with Gasteiger partial charge in [-0.3, -0.25) is 0 Å². The molecular weight excluding hydrogens is 228 g/mol. The fourth-order valence-corrected chi connectivity index (χ4v) is 2.51. The summed E-state index contributed by atoms with van der Waals surface area (Å²) in [4.78, 5) is 2.46. The molecule has 2 atom stereocenters. The standard InChI is InChI=1S/C14H30N2O2/c1-4-7-15-14-6-9-18-12-13(14)11-16(5-2)8-10-17-3/h13-15H,4-12H2,1-3H3. The highest BCUT2D eigenvalue weighted by Gasteiger charge is 2.26. The van der Waals surface area contributed by atoms with Crippen LogP contribution in [0.5, 0.6) is 0 Å². The summed E-state index contributed by atoms with van der Waals surface area (Å²) in [5.41, 5.74) is 0. The van der Waals surface area contributed by atoms with Crippen LogP contribution in [0.15, 0.2) is 0 Å². The third-order valence-corrected chi connectivity index (χ3v) is 3.68. The molecule has 1 rings (SSSR count). The first kappa shape index (κ1) is 15.9. The van der Waals surface area contributed by atoms with Crippen molar-refractivity contribution in [2.24, 2.45) is 5.92 Å². The van der Waals surface area contributed by atoms with Crippen molar-refractivity contribution in [2.75, 3.05) is 53.1 Å². The van der Waals surface area contributed by atoms with Crippen molar-refractivity contribution in [3.05, 3.63) is 0 Å². The Morgan fingerprint density at radius 1 is 1.39 bits per heavy atom. The summed E-state index contributed by atoms with van der Waals surface area (Å²) in [7, 11) is 1.77. The lowest BCUT2D eigenvalue weighted by Gasteiger charge is -2.35. The number of nitrogens with zero attached hydrogens (tertiary/aromatic N) is 1. The van der Waals surface area contributed by atoms with Crippen molar-refractivity contribution in [3.63, 3.8) is 0 Å². The zero-order valence-corrected chi connectivity index (χ0v) is 12.3. The molecule has 1 aliphatic heterocycles. The average molecular weight is 258 g/mol. The molecular formula is C14H30N2O2. The lowest BCUT2D eigenvalue weighted by Crippen LogP contribution is -2.48. The van der Waals surface area contributed by atoms with Crippen LogP contribution < -0.4 is 5.32 Å². The molecule has 0 saturated carbocycles. The van der Waals surface area contributed by atoms with Crippen molar-refractivity contribution < 1.29 is 9.47 Å². The minimum atomic E-state index is 0.613. The number of methoxy groups -OCH3 is 1. The van der Waals surface area contributed by atoms with Gasteiger partial charge in [-0.25, -0.2) is 0 Å². The third kappa shape index (κ3) is 5.65. The molecule has 108 valence electrons. The van der Waals surface area contributed by atoms with Gasteiger partial charge in [0, 0.05) is 38.8 Å². The number of rotatable bonds is 9. The van der Waals surface area contributed by atoms with Gasteiger partial charge in [-0.1, -0.05) is 13.8 Å². The van der Waals surface area contributed by atoms with Gasteiger partial charge in [-0.2, -0.15) is 0 Å². The van der Waals surface area contributed by atoms with Gasteiger partial charge in [-0.05, 0) is 25.9 Å². The van der Waals surface area contributed by atoms with E-state index in [1.807, 2.05) is 0 Å². The van der Waals surface area contributed by atoms with Gasteiger partial charge in [-0.15, -0.1) is 0 Å². The minimum absolute atomic E-state index is 0.613. The van der Waals surface area contributed by atoms with Crippen molar-refractivity contribution in [3.8, 4) is 0 Å². The maximum Gasteiger partial charge on any atom is 0.0589 e. The van der Waals surface area contributed by atoms with E-state index in [9.17, 15) is 0 Å². The number of hydrogen-bond donors (Lipinski definition) is 1. The van der Waals surface area contributed by atoms with Gasteiger partial charge >= 0.3 is 0 Å². The Balaban J connectivity index is 2.38. The van der Waals surface area contributed by atoms with E-state index in [1.54, 1.807) is 7.11 Å². The molecule has 0 spiro atoms. The second kappa shape index (κ2) is 9.73. The van der Waals surface area contributed by atoms with Gasteiger partial charge in [0.1, 0.15) is 0 Å². The predicted molar refractivity (Wildman–Crippen MR) is 75.0 cm³/mol. The van der Waals surface area contributed by atoms with E-state index >= 15 is 0 Å². The largest absolute Gasteiger partial charge is 0.383 e. The molecule has 0 bridgehead atoms. The highest BCUT2D eigenvalue weighted by atomic mass is 16.5. The average Bonchev–Trinajstić information content (AvgIpc) is 2.42. The summed E-state index contributed by atoms with van der Waals surface area (Å²) >= 11 is 0. The number of nitrogens with one attached hydrogen (secondary N) is 1. The van der Waals surface area contributed by atoms with E-state index in [1.165, 1.54) is 6.42 Å². The molecule has 1 heterocycles. The molecule has 0 aromatic rings. The smallest absolute Gasteiger partial charge is 0.0589 e. The van der Waals surface area contributed by atoms with Crippen LogP contribution in [-0.2, 0) is 9.47 Å². The summed E-state index contributed by atoms with van der Waals surface area (Å²) in [5, 5.41) is 3.67. The second-order valence-corrected chi connectivity index (χ2v) is 5.07. The van der Waals surface area contributed by atoms with Crippen LogP contribution in [0.1, 0.15) is 26.7 Å². The molecule has 4 heteroatoms. The Kier molecular flexibility index (Phi) is 8.59. The van der Waals surface area contributed by atoms with E-state index < -0.39 is 0 Å². The first-order valence-electron chi connectivity index (χ1n) is 7.34. The molecule has 1 aliphatic rings.